The van der Waals surface area contributed by atoms with E-state index in [1.54, 1.807) is 27.7 Å². The van der Waals surface area contributed by atoms with Gasteiger partial charge in [0.1, 0.15) is 6.04 Å². The Bertz CT molecular complexity index is 222. The van der Waals surface area contributed by atoms with Crippen LogP contribution >= 0.6 is 0 Å². The van der Waals surface area contributed by atoms with Crippen LogP contribution in [0.4, 0.5) is 13.2 Å². The minimum atomic E-state index is -4.22. The first-order chi connectivity index (χ1) is 6.64. The molecule has 2 unspecified atom stereocenters. The van der Waals surface area contributed by atoms with Gasteiger partial charge in [0.05, 0.1) is 13.2 Å². The largest absolute Gasteiger partial charge is 0.406 e. The van der Waals surface area contributed by atoms with Crippen molar-refractivity contribution in [3.05, 3.63) is 0 Å². The molecule has 1 aliphatic heterocycles. The van der Waals surface area contributed by atoms with Crippen LogP contribution in [-0.4, -0.2) is 41.9 Å². The van der Waals surface area contributed by atoms with E-state index in [9.17, 15) is 13.2 Å². The summed E-state index contributed by atoms with van der Waals surface area (Å²) < 4.78 is 43.3. The maximum Gasteiger partial charge on any atom is 0.406 e. The molecule has 5 heteroatoms. The van der Waals surface area contributed by atoms with Gasteiger partial charge in [-0.05, 0) is 27.7 Å². The first-order valence-corrected chi connectivity index (χ1v) is 5.07. The molecule has 15 heavy (non-hydrogen) atoms. The zero-order valence-corrected chi connectivity index (χ0v) is 9.56. The molecule has 1 aliphatic rings. The van der Waals surface area contributed by atoms with Gasteiger partial charge >= 0.3 is 6.18 Å². The van der Waals surface area contributed by atoms with Crippen LogP contribution in [0.5, 0.6) is 0 Å². The number of nitrogens with zero attached hydrogens (tertiary/aromatic N) is 1. The summed E-state index contributed by atoms with van der Waals surface area (Å²) >= 11 is 0. The molecule has 0 radical (unpaired) electrons. The summed E-state index contributed by atoms with van der Waals surface area (Å²) in [6.07, 6.45) is -4.22. The normalized spacial score (nSPS) is 30.6. The van der Waals surface area contributed by atoms with Gasteiger partial charge in [0.2, 0.25) is 0 Å². The third-order valence-electron chi connectivity index (χ3n) is 2.60. The Labute approximate surface area is 88.4 Å². The number of hydrogen-bond acceptors (Lipinski definition) is 2. The van der Waals surface area contributed by atoms with Gasteiger partial charge in [0, 0.05) is 11.6 Å². The van der Waals surface area contributed by atoms with E-state index in [1.807, 2.05) is 0 Å². The first-order valence-electron chi connectivity index (χ1n) is 5.07. The van der Waals surface area contributed by atoms with E-state index in [0.717, 1.165) is 0 Å². The van der Waals surface area contributed by atoms with Crippen molar-refractivity contribution in [3.8, 4) is 0 Å². The van der Waals surface area contributed by atoms with Crippen molar-refractivity contribution >= 4 is 0 Å². The van der Waals surface area contributed by atoms with Gasteiger partial charge in [0.15, 0.2) is 0 Å². The van der Waals surface area contributed by atoms with Gasteiger partial charge in [0.25, 0.3) is 0 Å². The Morgan fingerprint density at radius 1 is 1.13 bits per heavy atom. The molecule has 1 fully saturated rings. The maximum atomic E-state index is 12.8. The number of hydrogen-bond donors (Lipinski definition) is 0. The predicted molar refractivity (Wildman–Crippen MR) is 51.7 cm³/mol. The summed E-state index contributed by atoms with van der Waals surface area (Å²) in [5, 5.41) is 0. The second-order valence-electron chi connectivity index (χ2n) is 5.02. The molecule has 0 aromatic rings. The van der Waals surface area contributed by atoms with E-state index in [0.29, 0.717) is 6.61 Å². The lowest BCUT2D eigenvalue weighted by atomic mass is 9.98. The quantitative estimate of drug-likeness (QED) is 0.628. The molecule has 2 nitrogen and oxygen atoms in total. The van der Waals surface area contributed by atoms with E-state index in [-0.39, 0.29) is 12.6 Å². The fourth-order valence-corrected chi connectivity index (χ4v) is 2.20. The fraction of sp³-hybridized carbons (Fsp3) is 1.00. The van der Waals surface area contributed by atoms with Gasteiger partial charge in [-0.1, -0.05) is 0 Å². The average Bonchev–Trinajstić information content (AvgIpc) is 1.99. The molecule has 1 saturated heterocycles. The van der Waals surface area contributed by atoms with Crippen molar-refractivity contribution < 1.29 is 17.9 Å². The summed E-state index contributed by atoms with van der Waals surface area (Å²) in [7, 11) is 0. The fourth-order valence-electron chi connectivity index (χ4n) is 2.20. The molecule has 0 amide bonds. The van der Waals surface area contributed by atoms with E-state index in [1.165, 1.54) is 4.90 Å². The molecule has 0 spiro atoms. The molecule has 2 atom stereocenters. The predicted octanol–water partition coefficient (Wildman–Crippen LogP) is 2.44. The monoisotopic (exact) mass is 225 g/mol. The Kier molecular flexibility index (Phi) is 3.36. The highest BCUT2D eigenvalue weighted by Crippen LogP contribution is 2.33. The van der Waals surface area contributed by atoms with Crippen LogP contribution in [0.25, 0.3) is 0 Å². The lowest BCUT2D eigenvalue weighted by Crippen LogP contribution is -2.63. The summed E-state index contributed by atoms with van der Waals surface area (Å²) in [4.78, 5) is 1.50. The van der Waals surface area contributed by atoms with Gasteiger partial charge in [-0.2, -0.15) is 13.2 Å². The minimum absolute atomic E-state index is 0.203. The molecular formula is C10H18F3NO. The van der Waals surface area contributed by atoms with Crippen molar-refractivity contribution in [1.82, 2.24) is 4.90 Å². The highest BCUT2D eigenvalue weighted by atomic mass is 19.4. The van der Waals surface area contributed by atoms with Crippen molar-refractivity contribution in [2.75, 3.05) is 13.2 Å². The number of rotatable bonds is 0. The number of alkyl halides is 3. The molecule has 0 saturated carbocycles. The summed E-state index contributed by atoms with van der Waals surface area (Å²) in [5.74, 6) is 0. The van der Waals surface area contributed by atoms with E-state index >= 15 is 0 Å². The molecule has 0 aromatic carbocycles. The van der Waals surface area contributed by atoms with Crippen molar-refractivity contribution in [3.63, 3.8) is 0 Å². The standard InChI is InChI=1S/C10H18F3NO/c1-7-5-15-6-8(10(11,12)13)14(7)9(2,3)4/h7-8H,5-6H2,1-4H3. The topological polar surface area (TPSA) is 12.5 Å². The smallest absolute Gasteiger partial charge is 0.378 e. The molecule has 1 rings (SSSR count). The number of halogens is 3. The third-order valence-corrected chi connectivity index (χ3v) is 2.60. The molecule has 0 bridgehead atoms. The highest BCUT2D eigenvalue weighted by molar-refractivity contribution is 4.92. The molecule has 90 valence electrons. The second-order valence-corrected chi connectivity index (χ2v) is 5.02. The Hall–Kier alpha value is -0.290. The Morgan fingerprint density at radius 2 is 1.67 bits per heavy atom. The Morgan fingerprint density at radius 3 is 2.00 bits per heavy atom. The second kappa shape index (κ2) is 3.94. The van der Waals surface area contributed by atoms with Crippen LogP contribution in [0.2, 0.25) is 0 Å². The van der Waals surface area contributed by atoms with Crippen molar-refractivity contribution in [2.24, 2.45) is 0 Å². The lowest BCUT2D eigenvalue weighted by Gasteiger charge is -2.48. The maximum absolute atomic E-state index is 12.8. The highest BCUT2D eigenvalue weighted by Gasteiger charge is 2.50. The van der Waals surface area contributed by atoms with Gasteiger partial charge in [-0.25, -0.2) is 0 Å². The van der Waals surface area contributed by atoms with Crippen LogP contribution < -0.4 is 0 Å². The zero-order valence-electron chi connectivity index (χ0n) is 9.56. The van der Waals surface area contributed by atoms with Gasteiger partial charge in [-0.3, -0.25) is 4.90 Å². The van der Waals surface area contributed by atoms with E-state index < -0.39 is 17.8 Å². The van der Waals surface area contributed by atoms with Gasteiger partial charge in [-0.15, -0.1) is 0 Å². The molecule has 0 aromatic heterocycles. The minimum Gasteiger partial charge on any atom is -0.378 e. The SMILES string of the molecule is CC1COCC(C(F)(F)F)N1C(C)(C)C. The summed E-state index contributed by atoms with van der Waals surface area (Å²) in [6.45, 7) is 7.27. The molecule has 1 heterocycles. The lowest BCUT2D eigenvalue weighted by molar-refractivity contribution is -0.236. The van der Waals surface area contributed by atoms with Crippen LogP contribution in [0.1, 0.15) is 27.7 Å². The molecular weight excluding hydrogens is 207 g/mol. The number of morpholine rings is 1. The van der Waals surface area contributed by atoms with Crippen LogP contribution in [0.3, 0.4) is 0 Å². The average molecular weight is 225 g/mol. The van der Waals surface area contributed by atoms with E-state index in [2.05, 4.69) is 0 Å². The van der Waals surface area contributed by atoms with Crippen LogP contribution in [0, 0.1) is 0 Å². The van der Waals surface area contributed by atoms with Gasteiger partial charge < -0.3 is 4.74 Å². The van der Waals surface area contributed by atoms with E-state index in [4.69, 9.17) is 4.74 Å². The van der Waals surface area contributed by atoms with Crippen molar-refractivity contribution in [2.45, 2.75) is 51.5 Å². The van der Waals surface area contributed by atoms with Crippen LogP contribution in [0.15, 0.2) is 0 Å². The molecule has 0 N–H and O–H groups in total. The zero-order chi connectivity index (χ0) is 11.9. The first kappa shape index (κ1) is 12.8. The summed E-state index contributed by atoms with van der Waals surface area (Å²) in [6, 6.07) is -1.69. The Balaban J connectivity index is 2.93. The number of ether oxygens (including phenoxy) is 1. The third kappa shape index (κ3) is 2.84. The summed E-state index contributed by atoms with van der Waals surface area (Å²) in [5.41, 5.74) is -0.497. The molecule has 0 aliphatic carbocycles. The van der Waals surface area contributed by atoms with Crippen molar-refractivity contribution in [1.29, 1.82) is 0 Å². The van der Waals surface area contributed by atoms with Crippen LogP contribution in [-0.2, 0) is 4.74 Å².